The first-order valence-electron chi connectivity index (χ1n) is 5.93. The second kappa shape index (κ2) is 5.50. The Morgan fingerprint density at radius 2 is 2.20 bits per heavy atom. The molecule has 0 aliphatic rings. The lowest BCUT2D eigenvalue weighted by Gasteiger charge is -2.08. The fraction of sp³-hybridized carbons (Fsp3) is 0.231. The Hall–Kier alpha value is -2.08. The van der Waals surface area contributed by atoms with E-state index >= 15 is 0 Å². The Bertz CT molecular complexity index is 669. The number of hydrogen-bond acceptors (Lipinski definition) is 3. The van der Waals surface area contributed by atoms with E-state index in [-0.39, 0.29) is 12.2 Å². The number of hydrogen-bond donors (Lipinski definition) is 2. The SMILES string of the molecule is Cc1nn(CC(=O)Nc2cc(N)ccc2F)c(C)c1Cl. The number of carbonyl (C=O) groups excluding carboxylic acids is 1. The minimum Gasteiger partial charge on any atom is -0.399 e. The number of aromatic nitrogens is 2. The van der Waals surface area contributed by atoms with Gasteiger partial charge >= 0.3 is 0 Å². The molecule has 1 aromatic heterocycles. The molecule has 0 saturated heterocycles. The number of rotatable bonds is 3. The molecule has 0 aliphatic carbocycles. The number of halogens is 2. The van der Waals surface area contributed by atoms with Gasteiger partial charge in [0.25, 0.3) is 0 Å². The summed E-state index contributed by atoms with van der Waals surface area (Å²) in [4.78, 5) is 11.9. The Morgan fingerprint density at radius 3 is 2.80 bits per heavy atom. The van der Waals surface area contributed by atoms with E-state index in [9.17, 15) is 9.18 Å². The van der Waals surface area contributed by atoms with E-state index in [1.807, 2.05) is 0 Å². The second-order valence-corrected chi connectivity index (χ2v) is 4.81. The largest absolute Gasteiger partial charge is 0.399 e. The van der Waals surface area contributed by atoms with Crippen LogP contribution < -0.4 is 11.1 Å². The predicted molar refractivity (Wildman–Crippen MR) is 76.2 cm³/mol. The minimum absolute atomic E-state index is 0.0441. The zero-order chi connectivity index (χ0) is 14.9. The van der Waals surface area contributed by atoms with Gasteiger partial charge in [-0.1, -0.05) is 11.6 Å². The molecule has 5 nitrogen and oxygen atoms in total. The number of nitrogens with two attached hydrogens (primary N) is 1. The van der Waals surface area contributed by atoms with Crippen molar-refractivity contribution in [3.8, 4) is 0 Å². The first-order chi connectivity index (χ1) is 9.38. The Morgan fingerprint density at radius 1 is 1.50 bits per heavy atom. The molecule has 2 aromatic rings. The standard InChI is InChI=1S/C13H14ClFN4O/c1-7-13(14)8(2)19(18-7)6-12(20)17-11-5-9(16)3-4-10(11)15/h3-5H,6,16H2,1-2H3,(H,17,20). The van der Waals surface area contributed by atoms with Crippen molar-refractivity contribution in [2.24, 2.45) is 0 Å². The van der Waals surface area contributed by atoms with Gasteiger partial charge in [0.2, 0.25) is 5.91 Å². The van der Waals surface area contributed by atoms with Crippen molar-refractivity contribution >= 4 is 28.9 Å². The molecule has 106 valence electrons. The third kappa shape index (κ3) is 2.91. The molecule has 7 heteroatoms. The summed E-state index contributed by atoms with van der Waals surface area (Å²) in [5, 5.41) is 7.12. The lowest BCUT2D eigenvalue weighted by molar-refractivity contribution is -0.117. The van der Waals surface area contributed by atoms with Crippen molar-refractivity contribution < 1.29 is 9.18 Å². The number of aryl methyl sites for hydroxylation is 1. The van der Waals surface area contributed by atoms with Crippen LogP contribution in [0, 0.1) is 19.7 Å². The van der Waals surface area contributed by atoms with Gasteiger partial charge in [-0.05, 0) is 32.0 Å². The predicted octanol–water partition coefficient (Wildman–Crippen LogP) is 2.51. The number of nitrogens with zero attached hydrogens (tertiary/aromatic N) is 2. The molecule has 1 amide bonds. The molecule has 3 N–H and O–H groups in total. The van der Waals surface area contributed by atoms with Gasteiger partial charge in [-0.2, -0.15) is 5.10 Å². The van der Waals surface area contributed by atoms with E-state index in [0.717, 1.165) is 0 Å². The average Bonchev–Trinajstić information content (AvgIpc) is 2.61. The maximum atomic E-state index is 13.5. The van der Waals surface area contributed by atoms with Crippen LogP contribution in [0.3, 0.4) is 0 Å². The summed E-state index contributed by atoms with van der Waals surface area (Å²) < 4.78 is 15.0. The first-order valence-corrected chi connectivity index (χ1v) is 6.30. The molecular weight excluding hydrogens is 283 g/mol. The molecule has 0 spiro atoms. The van der Waals surface area contributed by atoms with E-state index in [1.165, 1.54) is 22.9 Å². The van der Waals surface area contributed by atoms with Crippen LogP contribution in [0.15, 0.2) is 18.2 Å². The Labute approximate surface area is 120 Å². The Balaban J connectivity index is 2.13. The number of nitrogen functional groups attached to an aromatic ring is 1. The smallest absolute Gasteiger partial charge is 0.246 e. The van der Waals surface area contributed by atoms with Crippen LogP contribution in [0.2, 0.25) is 5.02 Å². The van der Waals surface area contributed by atoms with Gasteiger partial charge in [0.05, 0.1) is 22.1 Å². The van der Waals surface area contributed by atoms with Crippen molar-refractivity contribution in [2.75, 3.05) is 11.1 Å². The third-order valence-electron chi connectivity index (χ3n) is 2.85. The highest BCUT2D eigenvalue weighted by molar-refractivity contribution is 6.31. The summed E-state index contributed by atoms with van der Waals surface area (Å²) in [6.07, 6.45) is 0. The molecule has 0 aliphatic heterocycles. The maximum Gasteiger partial charge on any atom is 0.246 e. The van der Waals surface area contributed by atoms with Gasteiger partial charge in [0.15, 0.2) is 0 Å². The maximum absolute atomic E-state index is 13.5. The molecule has 0 unspecified atom stereocenters. The van der Waals surface area contributed by atoms with Gasteiger partial charge < -0.3 is 11.1 Å². The van der Waals surface area contributed by atoms with E-state index < -0.39 is 11.7 Å². The monoisotopic (exact) mass is 296 g/mol. The highest BCUT2D eigenvalue weighted by atomic mass is 35.5. The number of nitrogens with one attached hydrogen (secondary N) is 1. The molecule has 0 radical (unpaired) electrons. The summed E-state index contributed by atoms with van der Waals surface area (Å²) >= 11 is 6.00. The van der Waals surface area contributed by atoms with E-state index in [2.05, 4.69) is 10.4 Å². The quantitative estimate of drug-likeness (QED) is 0.855. The molecule has 20 heavy (non-hydrogen) atoms. The molecule has 1 aromatic carbocycles. The Kier molecular flexibility index (Phi) is 3.94. The van der Waals surface area contributed by atoms with Crippen LogP contribution in [0.4, 0.5) is 15.8 Å². The molecule has 0 saturated carbocycles. The summed E-state index contributed by atoms with van der Waals surface area (Å²) in [6.45, 7) is 3.46. The van der Waals surface area contributed by atoms with Crippen molar-refractivity contribution in [1.82, 2.24) is 9.78 Å². The minimum atomic E-state index is -0.543. The van der Waals surface area contributed by atoms with Crippen molar-refractivity contribution in [2.45, 2.75) is 20.4 Å². The zero-order valence-electron chi connectivity index (χ0n) is 11.1. The lowest BCUT2D eigenvalue weighted by atomic mass is 10.2. The summed E-state index contributed by atoms with van der Waals surface area (Å²) in [5.41, 5.74) is 7.30. The van der Waals surface area contributed by atoms with Gasteiger partial charge in [-0.3, -0.25) is 9.48 Å². The molecule has 0 bridgehead atoms. The van der Waals surface area contributed by atoms with E-state index in [4.69, 9.17) is 17.3 Å². The highest BCUT2D eigenvalue weighted by Gasteiger charge is 2.13. The van der Waals surface area contributed by atoms with Crippen LogP contribution in [-0.4, -0.2) is 15.7 Å². The molecule has 0 atom stereocenters. The van der Waals surface area contributed by atoms with Crippen LogP contribution in [0.25, 0.3) is 0 Å². The molecule has 0 fully saturated rings. The third-order valence-corrected chi connectivity index (χ3v) is 3.40. The summed E-state index contributed by atoms with van der Waals surface area (Å²) in [6, 6.07) is 3.98. The molecular formula is C13H14ClFN4O. The topological polar surface area (TPSA) is 72.9 Å². The van der Waals surface area contributed by atoms with Crippen molar-refractivity contribution in [3.05, 3.63) is 40.4 Å². The van der Waals surface area contributed by atoms with Gasteiger partial charge in [0, 0.05) is 5.69 Å². The number of amides is 1. The molecule has 1 heterocycles. The van der Waals surface area contributed by atoms with Gasteiger partial charge in [-0.15, -0.1) is 0 Å². The van der Waals surface area contributed by atoms with Gasteiger partial charge in [-0.25, -0.2) is 4.39 Å². The van der Waals surface area contributed by atoms with Crippen molar-refractivity contribution in [3.63, 3.8) is 0 Å². The van der Waals surface area contributed by atoms with Crippen molar-refractivity contribution in [1.29, 1.82) is 0 Å². The van der Waals surface area contributed by atoms with Crippen LogP contribution in [-0.2, 0) is 11.3 Å². The zero-order valence-corrected chi connectivity index (χ0v) is 11.8. The number of benzene rings is 1. The normalized spacial score (nSPS) is 10.6. The summed E-state index contributed by atoms with van der Waals surface area (Å²) in [7, 11) is 0. The fourth-order valence-corrected chi connectivity index (χ4v) is 1.93. The second-order valence-electron chi connectivity index (χ2n) is 4.43. The molecule has 2 rings (SSSR count). The highest BCUT2D eigenvalue weighted by Crippen LogP contribution is 2.20. The van der Waals surface area contributed by atoms with Crippen LogP contribution in [0.1, 0.15) is 11.4 Å². The van der Waals surface area contributed by atoms with Gasteiger partial charge in [0.1, 0.15) is 12.4 Å². The first kappa shape index (κ1) is 14.3. The lowest BCUT2D eigenvalue weighted by Crippen LogP contribution is -2.21. The number of anilines is 2. The summed E-state index contributed by atoms with van der Waals surface area (Å²) in [5.74, 6) is -0.948. The average molecular weight is 297 g/mol. The van der Waals surface area contributed by atoms with Crippen LogP contribution in [0.5, 0.6) is 0 Å². The fourth-order valence-electron chi connectivity index (χ4n) is 1.79. The van der Waals surface area contributed by atoms with E-state index in [0.29, 0.717) is 22.1 Å². The van der Waals surface area contributed by atoms with Crippen LogP contribution >= 0.6 is 11.6 Å². The van der Waals surface area contributed by atoms with E-state index in [1.54, 1.807) is 13.8 Å². The number of carbonyl (C=O) groups is 1.